The van der Waals surface area contributed by atoms with Gasteiger partial charge in [0.1, 0.15) is 5.75 Å². The number of methoxy groups -OCH3 is 1. The van der Waals surface area contributed by atoms with Gasteiger partial charge in [-0.15, -0.1) is 0 Å². The van der Waals surface area contributed by atoms with Crippen LogP contribution in [0.4, 0.5) is 5.69 Å². The average molecular weight is 389 g/mol. The number of hydrogen-bond donors (Lipinski definition) is 1. The van der Waals surface area contributed by atoms with Gasteiger partial charge >= 0.3 is 0 Å². The molecule has 1 N–H and O–H groups in total. The second kappa shape index (κ2) is 7.58. The maximum Gasteiger partial charge on any atom is 0.243 e. The zero-order chi connectivity index (χ0) is 19.5. The van der Waals surface area contributed by atoms with Crippen molar-refractivity contribution in [2.24, 2.45) is 0 Å². The third-order valence-corrected chi connectivity index (χ3v) is 5.45. The van der Waals surface area contributed by atoms with Crippen molar-refractivity contribution < 1.29 is 22.5 Å². The summed E-state index contributed by atoms with van der Waals surface area (Å²) in [5.41, 5.74) is 0.557. The van der Waals surface area contributed by atoms with Crippen LogP contribution in [0.2, 0.25) is 0 Å². The van der Waals surface area contributed by atoms with Gasteiger partial charge in [0, 0.05) is 18.8 Å². The lowest BCUT2D eigenvalue weighted by Crippen LogP contribution is -2.53. The Morgan fingerprint density at radius 3 is 2.37 bits per heavy atom. The van der Waals surface area contributed by atoms with E-state index in [0.717, 1.165) is 5.69 Å². The second-order valence-corrected chi connectivity index (χ2v) is 7.63. The van der Waals surface area contributed by atoms with Crippen molar-refractivity contribution in [2.75, 3.05) is 25.1 Å². The van der Waals surface area contributed by atoms with Crippen LogP contribution in [0.1, 0.15) is 18.4 Å². The molecule has 27 heavy (non-hydrogen) atoms. The van der Waals surface area contributed by atoms with Gasteiger partial charge in [0.2, 0.25) is 5.91 Å². The Balaban J connectivity index is 1.93. The van der Waals surface area contributed by atoms with Crippen LogP contribution in [0, 0.1) is 0 Å². The van der Waals surface area contributed by atoms with Crippen molar-refractivity contribution in [3.8, 4) is 5.75 Å². The number of hydrogen-bond acceptors (Lipinski definition) is 6. The van der Waals surface area contributed by atoms with Crippen LogP contribution in [-0.4, -0.2) is 39.1 Å². The minimum absolute atomic E-state index is 0.371. The van der Waals surface area contributed by atoms with E-state index in [1.54, 1.807) is 29.0 Å². The predicted molar refractivity (Wildman–Crippen MR) is 100 cm³/mol. The monoisotopic (exact) mass is 389 g/mol. The molecule has 0 bridgehead atoms. The molecule has 1 saturated heterocycles. The topological polar surface area (TPSA) is 98.8 Å². The summed E-state index contributed by atoms with van der Waals surface area (Å²) in [6, 6.07) is 16.8. The Hall–Kier alpha value is -2.58. The van der Waals surface area contributed by atoms with E-state index in [9.17, 15) is 17.8 Å². The third kappa shape index (κ3) is 4.23. The molecule has 8 heteroatoms. The number of nitrogens with one attached hydrogen (secondary N) is 1. The van der Waals surface area contributed by atoms with Crippen molar-refractivity contribution in [3.63, 3.8) is 0 Å². The van der Waals surface area contributed by atoms with Crippen LogP contribution < -0.4 is 14.4 Å². The zero-order valence-electron chi connectivity index (χ0n) is 14.9. The van der Waals surface area contributed by atoms with Gasteiger partial charge in [0.15, 0.2) is 10.3 Å². The van der Waals surface area contributed by atoms with E-state index in [0.29, 0.717) is 37.2 Å². The first-order chi connectivity index (χ1) is 12.8. The van der Waals surface area contributed by atoms with Crippen LogP contribution in [0.3, 0.4) is 0 Å². The normalized spacial score (nSPS) is 16.6. The summed E-state index contributed by atoms with van der Waals surface area (Å²) in [5.74, 6) is -0.228. The number of benzene rings is 2. The minimum atomic E-state index is -4.89. The standard InChI is InChI=1S/C19H22N2O5S/c1-26-17-9-5-6-15(14-17)19(18(22)20-27(23,24)25)10-12-21(13-11-19)16-7-3-2-4-8-16/h2-9,14H,10-13H2,1H3,(H,20,22)(H,23,24,25)/p-1. The fourth-order valence-electron chi connectivity index (χ4n) is 3.56. The van der Waals surface area contributed by atoms with E-state index in [2.05, 4.69) is 4.90 Å². The van der Waals surface area contributed by atoms with Crippen LogP contribution in [0.25, 0.3) is 0 Å². The summed E-state index contributed by atoms with van der Waals surface area (Å²) in [4.78, 5) is 15.0. The molecule has 1 heterocycles. The molecule has 2 aromatic carbocycles. The van der Waals surface area contributed by atoms with Gasteiger partial charge in [0.05, 0.1) is 12.5 Å². The molecular formula is C19H21N2O5S-. The number of ether oxygens (including phenoxy) is 1. The second-order valence-electron chi connectivity index (χ2n) is 6.52. The first-order valence-corrected chi connectivity index (χ1v) is 9.97. The van der Waals surface area contributed by atoms with E-state index in [1.165, 1.54) is 7.11 Å². The summed E-state index contributed by atoms with van der Waals surface area (Å²) < 4.78 is 40.3. The van der Waals surface area contributed by atoms with Crippen molar-refractivity contribution in [1.82, 2.24) is 4.72 Å². The van der Waals surface area contributed by atoms with E-state index in [4.69, 9.17) is 4.74 Å². The molecular weight excluding hydrogens is 368 g/mol. The Kier molecular flexibility index (Phi) is 5.38. The molecule has 0 aromatic heterocycles. The lowest BCUT2D eigenvalue weighted by molar-refractivity contribution is -0.125. The van der Waals surface area contributed by atoms with Crippen molar-refractivity contribution in [1.29, 1.82) is 0 Å². The molecule has 144 valence electrons. The van der Waals surface area contributed by atoms with Crippen LogP contribution in [0.15, 0.2) is 54.6 Å². The third-order valence-electron chi connectivity index (χ3n) is 5.01. The van der Waals surface area contributed by atoms with Crippen molar-refractivity contribution in [2.45, 2.75) is 18.3 Å². The highest BCUT2D eigenvalue weighted by Crippen LogP contribution is 2.38. The van der Waals surface area contributed by atoms with Gasteiger partial charge in [-0.05, 0) is 42.7 Å². The highest BCUT2D eigenvalue weighted by atomic mass is 32.2. The molecule has 0 atom stereocenters. The first kappa shape index (κ1) is 19.2. The fraction of sp³-hybridized carbons (Fsp3) is 0.316. The van der Waals surface area contributed by atoms with Crippen molar-refractivity contribution in [3.05, 3.63) is 60.2 Å². The van der Waals surface area contributed by atoms with E-state index in [1.807, 2.05) is 30.3 Å². The maximum absolute atomic E-state index is 12.8. The lowest BCUT2D eigenvalue weighted by Gasteiger charge is -2.42. The molecule has 1 fully saturated rings. The van der Waals surface area contributed by atoms with Crippen LogP contribution in [0.5, 0.6) is 5.75 Å². The Labute approximate surface area is 158 Å². The van der Waals surface area contributed by atoms with Crippen LogP contribution >= 0.6 is 0 Å². The maximum atomic E-state index is 12.8. The summed E-state index contributed by atoms with van der Waals surface area (Å²) in [7, 11) is -3.37. The number of piperidine rings is 1. The van der Waals surface area contributed by atoms with Crippen molar-refractivity contribution >= 4 is 21.9 Å². The number of carbonyl (C=O) groups is 1. The highest BCUT2D eigenvalue weighted by Gasteiger charge is 2.43. The summed E-state index contributed by atoms with van der Waals surface area (Å²) in [6.07, 6.45) is 0.743. The summed E-state index contributed by atoms with van der Waals surface area (Å²) >= 11 is 0. The summed E-state index contributed by atoms with van der Waals surface area (Å²) in [5, 5.41) is 0. The van der Waals surface area contributed by atoms with Gasteiger partial charge in [-0.2, -0.15) is 0 Å². The van der Waals surface area contributed by atoms with Gasteiger partial charge in [-0.25, -0.2) is 8.42 Å². The first-order valence-electron chi connectivity index (χ1n) is 8.57. The molecule has 1 aliphatic heterocycles. The molecule has 0 unspecified atom stereocenters. The highest BCUT2D eigenvalue weighted by molar-refractivity contribution is 7.84. The SMILES string of the molecule is COc1cccc(C2(C(=O)NS(=O)(=O)[O-])CCN(c3ccccc3)CC2)c1. The number of nitrogens with zero attached hydrogens (tertiary/aromatic N) is 1. The number of anilines is 1. The number of carbonyl (C=O) groups excluding carboxylic acids is 1. The number of para-hydroxylation sites is 1. The number of amides is 1. The summed E-state index contributed by atoms with van der Waals surface area (Å²) in [6.45, 7) is 1.10. The van der Waals surface area contributed by atoms with E-state index >= 15 is 0 Å². The van der Waals surface area contributed by atoms with Crippen LogP contribution in [-0.2, 0) is 20.5 Å². The Morgan fingerprint density at radius 1 is 1.11 bits per heavy atom. The molecule has 1 amide bonds. The lowest BCUT2D eigenvalue weighted by atomic mass is 9.72. The zero-order valence-corrected chi connectivity index (χ0v) is 15.7. The van der Waals surface area contributed by atoms with Gasteiger partial charge in [-0.3, -0.25) is 9.52 Å². The van der Waals surface area contributed by atoms with Gasteiger partial charge < -0.3 is 14.2 Å². The molecule has 3 rings (SSSR count). The number of rotatable bonds is 5. The van der Waals surface area contributed by atoms with E-state index in [-0.39, 0.29) is 0 Å². The van der Waals surface area contributed by atoms with Gasteiger partial charge in [0.25, 0.3) is 0 Å². The minimum Gasteiger partial charge on any atom is -0.731 e. The fourth-order valence-corrected chi connectivity index (χ4v) is 3.99. The molecule has 0 spiro atoms. The quantitative estimate of drug-likeness (QED) is 0.783. The largest absolute Gasteiger partial charge is 0.731 e. The molecule has 2 aromatic rings. The smallest absolute Gasteiger partial charge is 0.243 e. The van der Waals surface area contributed by atoms with E-state index < -0.39 is 21.6 Å². The molecule has 7 nitrogen and oxygen atoms in total. The molecule has 0 saturated carbocycles. The molecule has 1 aliphatic rings. The molecule has 0 aliphatic carbocycles. The Bertz CT molecular complexity index is 907. The predicted octanol–water partition coefficient (Wildman–Crippen LogP) is 1.81. The average Bonchev–Trinajstić information content (AvgIpc) is 2.67. The molecule has 0 radical (unpaired) electrons. The van der Waals surface area contributed by atoms with Gasteiger partial charge in [-0.1, -0.05) is 30.3 Å². The Morgan fingerprint density at radius 2 is 1.78 bits per heavy atom.